The Labute approximate surface area is 102 Å². The van der Waals surface area contributed by atoms with Crippen molar-refractivity contribution in [2.75, 3.05) is 0 Å². The lowest BCUT2D eigenvalue weighted by Gasteiger charge is -1.96. The number of benzene rings is 1. The number of nitrogens with one attached hydrogen (secondary N) is 2. The van der Waals surface area contributed by atoms with E-state index in [9.17, 15) is 0 Å². The van der Waals surface area contributed by atoms with Gasteiger partial charge < -0.3 is 10.7 Å². The molecule has 2 heterocycles. The molecule has 18 heavy (non-hydrogen) atoms. The van der Waals surface area contributed by atoms with Gasteiger partial charge in [-0.1, -0.05) is 0 Å². The molecule has 0 bridgehead atoms. The molecule has 6 heteroatoms. The van der Waals surface area contributed by atoms with Crippen LogP contribution in [0, 0.1) is 5.41 Å². The first-order chi connectivity index (χ1) is 8.74. The quantitative estimate of drug-likeness (QED) is 0.462. The average Bonchev–Trinajstić information content (AvgIpc) is 2.82. The molecule has 0 atom stereocenters. The molecule has 1 aromatic carbocycles. The zero-order valence-corrected chi connectivity index (χ0v) is 9.38. The summed E-state index contributed by atoms with van der Waals surface area (Å²) in [7, 11) is 0. The molecule has 2 aromatic heterocycles. The summed E-state index contributed by atoms with van der Waals surface area (Å²) < 4.78 is 0. The molecular formula is C12H10N6. The molecular weight excluding hydrogens is 228 g/mol. The summed E-state index contributed by atoms with van der Waals surface area (Å²) >= 11 is 0. The first-order valence-electron chi connectivity index (χ1n) is 5.35. The van der Waals surface area contributed by atoms with E-state index in [2.05, 4.69) is 19.9 Å². The van der Waals surface area contributed by atoms with E-state index in [1.807, 2.05) is 6.07 Å². The van der Waals surface area contributed by atoms with Crippen molar-refractivity contribution in [3.8, 4) is 11.6 Å². The monoisotopic (exact) mass is 238 g/mol. The molecule has 0 fully saturated rings. The number of nitrogens with two attached hydrogens (primary N) is 1. The number of aromatic amines is 1. The minimum Gasteiger partial charge on any atom is -0.384 e. The van der Waals surface area contributed by atoms with E-state index in [1.54, 1.807) is 30.6 Å². The van der Waals surface area contributed by atoms with Crippen LogP contribution in [-0.4, -0.2) is 25.8 Å². The van der Waals surface area contributed by atoms with Crippen LogP contribution in [0.1, 0.15) is 5.56 Å². The second-order valence-corrected chi connectivity index (χ2v) is 3.80. The Kier molecular flexibility index (Phi) is 2.26. The van der Waals surface area contributed by atoms with Gasteiger partial charge in [0.2, 0.25) is 0 Å². The molecule has 0 amide bonds. The predicted octanol–water partition coefficient (Wildman–Crippen LogP) is 1.30. The number of aromatic nitrogens is 4. The second kappa shape index (κ2) is 3.92. The summed E-state index contributed by atoms with van der Waals surface area (Å²) in [6.45, 7) is 0. The van der Waals surface area contributed by atoms with Gasteiger partial charge in [0.15, 0.2) is 11.6 Å². The van der Waals surface area contributed by atoms with Gasteiger partial charge in [-0.15, -0.1) is 0 Å². The maximum atomic E-state index is 7.40. The van der Waals surface area contributed by atoms with E-state index < -0.39 is 0 Å². The first-order valence-corrected chi connectivity index (χ1v) is 5.35. The summed E-state index contributed by atoms with van der Waals surface area (Å²) in [6.07, 6.45) is 3.33. The van der Waals surface area contributed by atoms with Crippen LogP contribution in [0.2, 0.25) is 0 Å². The Morgan fingerprint density at radius 1 is 1.22 bits per heavy atom. The third-order valence-corrected chi connectivity index (χ3v) is 2.57. The molecule has 3 rings (SSSR count). The van der Waals surface area contributed by atoms with Gasteiger partial charge in [0.1, 0.15) is 5.84 Å². The number of nitrogen functional groups attached to an aromatic ring is 1. The van der Waals surface area contributed by atoms with Gasteiger partial charge in [-0.3, -0.25) is 5.41 Å². The maximum Gasteiger partial charge on any atom is 0.195 e. The number of nitrogens with zero attached hydrogens (tertiary/aromatic N) is 3. The van der Waals surface area contributed by atoms with E-state index >= 15 is 0 Å². The highest BCUT2D eigenvalue weighted by Gasteiger charge is 2.08. The van der Waals surface area contributed by atoms with Gasteiger partial charge in [-0.2, -0.15) is 0 Å². The number of hydrogen-bond acceptors (Lipinski definition) is 4. The highest BCUT2D eigenvalue weighted by Crippen LogP contribution is 2.18. The highest BCUT2D eigenvalue weighted by atomic mass is 15.0. The summed E-state index contributed by atoms with van der Waals surface area (Å²) in [5.41, 5.74) is 7.71. The van der Waals surface area contributed by atoms with Gasteiger partial charge in [0, 0.05) is 18.0 Å². The van der Waals surface area contributed by atoms with Crippen molar-refractivity contribution in [2.45, 2.75) is 0 Å². The third kappa shape index (κ3) is 1.69. The molecule has 0 aliphatic heterocycles. The third-order valence-electron chi connectivity index (χ3n) is 2.57. The zero-order valence-electron chi connectivity index (χ0n) is 9.38. The Balaban J connectivity index is 2.14. The molecule has 0 saturated carbocycles. The predicted molar refractivity (Wildman–Crippen MR) is 68.1 cm³/mol. The maximum absolute atomic E-state index is 7.40. The van der Waals surface area contributed by atoms with Crippen molar-refractivity contribution >= 4 is 16.9 Å². The van der Waals surface area contributed by atoms with E-state index in [0.29, 0.717) is 17.2 Å². The van der Waals surface area contributed by atoms with Crippen LogP contribution in [0.25, 0.3) is 22.7 Å². The normalized spacial score (nSPS) is 10.7. The summed E-state index contributed by atoms with van der Waals surface area (Å²) in [5.74, 6) is 1.17. The lowest BCUT2D eigenvalue weighted by atomic mass is 10.2. The molecule has 0 aliphatic rings. The van der Waals surface area contributed by atoms with Crippen molar-refractivity contribution in [2.24, 2.45) is 5.73 Å². The van der Waals surface area contributed by atoms with Crippen LogP contribution in [0.5, 0.6) is 0 Å². The largest absolute Gasteiger partial charge is 0.384 e. The SMILES string of the molecule is N=C(N)c1ccc2nc(-c3ncccn3)[nH]c2c1. The van der Waals surface area contributed by atoms with Crippen LogP contribution < -0.4 is 5.73 Å². The molecule has 0 saturated heterocycles. The number of rotatable bonds is 2. The smallest absolute Gasteiger partial charge is 0.195 e. The van der Waals surface area contributed by atoms with Gasteiger partial charge in [0.05, 0.1) is 11.0 Å². The lowest BCUT2D eigenvalue weighted by Crippen LogP contribution is -2.10. The van der Waals surface area contributed by atoms with E-state index in [4.69, 9.17) is 11.1 Å². The molecule has 0 aliphatic carbocycles. The number of fused-ring (bicyclic) bond motifs is 1. The zero-order chi connectivity index (χ0) is 12.5. The minimum absolute atomic E-state index is 0.0315. The van der Waals surface area contributed by atoms with E-state index in [0.717, 1.165) is 11.0 Å². The number of amidine groups is 1. The fourth-order valence-electron chi connectivity index (χ4n) is 1.70. The Morgan fingerprint density at radius 3 is 2.72 bits per heavy atom. The first kappa shape index (κ1) is 10.4. The number of imidazole rings is 1. The van der Waals surface area contributed by atoms with Gasteiger partial charge in [-0.05, 0) is 24.3 Å². The van der Waals surface area contributed by atoms with Crippen LogP contribution in [0.3, 0.4) is 0 Å². The molecule has 3 aromatic rings. The van der Waals surface area contributed by atoms with Crippen LogP contribution in [0.15, 0.2) is 36.7 Å². The summed E-state index contributed by atoms with van der Waals surface area (Å²) in [4.78, 5) is 15.8. The average molecular weight is 238 g/mol. The van der Waals surface area contributed by atoms with Crippen molar-refractivity contribution in [3.63, 3.8) is 0 Å². The fourth-order valence-corrected chi connectivity index (χ4v) is 1.70. The summed E-state index contributed by atoms with van der Waals surface area (Å²) in [6, 6.07) is 7.12. The highest BCUT2D eigenvalue weighted by molar-refractivity contribution is 5.98. The van der Waals surface area contributed by atoms with Crippen molar-refractivity contribution in [1.82, 2.24) is 19.9 Å². The lowest BCUT2D eigenvalue weighted by molar-refractivity contribution is 1.13. The fraction of sp³-hybridized carbons (Fsp3) is 0. The van der Waals surface area contributed by atoms with E-state index in [-0.39, 0.29) is 5.84 Å². The van der Waals surface area contributed by atoms with Crippen molar-refractivity contribution < 1.29 is 0 Å². The molecule has 4 N–H and O–H groups in total. The topological polar surface area (TPSA) is 104 Å². The number of hydrogen-bond donors (Lipinski definition) is 3. The standard InChI is InChI=1S/C12H10N6/c13-10(14)7-2-3-8-9(6-7)18-12(17-8)11-15-4-1-5-16-11/h1-6H,(H3,13,14)(H,17,18). The van der Waals surface area contributed by atoms with Crippen molar-refractivity contribution in [3.05, 3.63) is 42.2 Å². The Hall–Kier alpha value is -2.76. The van der Waals surface area contributed by atoms with Crippen LogP contribution in [0.4, 0.5) is 0 Å². The second-order valence-electron chi connectivity index (χ2n) is 3.80. The summed E-state index contributed by atoms with van der Waals surface area (Å²) in [5, 5.41) is 7.40. The molecule has 0 radical (unpaired) electrons. The van der Waals surface area contributed by atoms with Gasteiger partial charge >= 0.3 is 0 Å². The molecule has 0 unspecified atom stereocenters. The molecule has 0 spiro atoms. The number of H-pyrrole nitrogens is 1. The molecule has 6 nitrogen and oxygen atoms in total. The Bertz CT molecular complexity index is 716. The Morgan fingerprint density at radius 2 is 2.00 bits per heavy atom. The molecule has 88 valence electrons. The van der Waals surface area contributed by atoms with E-state index in [1.165, 1.54) is 0 Å². The van der Waals surface area contributed by atoms with Crippen molar-refractivity contribution in [1.29, 1.82) is 5.41 Å². The van der Waals surface area contributed by atoms with Crippen LogP contribution in [-0.2, 0) is 0 Å². The van der Waals surface area contributed by atoms with Crippen LogP contribution >= 0.6 is 0 Å². The van der Waals surface area contributed by atoms with Gasteiger partial charge in [0.25, 0.3) is 0 Å². The minimum atomic E-state index is 0.0315. The van der Waals surface area contributed by atoms with Gasteiger partial charge in [-0.25, -0.2) is 15.0 Å².